The molecule has 2 aromatic rings. The van der Waals surface area contributed by atoms with Crippen molar-refractivity contribution in [2.24, 2.45) is 0 Å². The van der Waals surface area contributed by atoms with Crippen molar-refractivity contribution in [1.82, 2.24) is 4.98 Å². The molecule has 13 heavy (non-hydrogen) atoms. The molecular weight excluding hydrogens is 226 g/mol. The van der Waals surface area contributed by atoms with Crippen LogP contribution in [0.3, 0.4) is 0 Å². The van der Waals surface area contributed by atoms with Crippen LogP contribution in [0, 0.1) is 0 Å². The van der Waals surface area contributed by atoms with Gasteiger partial charge in [0.1, 0.15) is 0 Å². The molecule has 0 atom stereocenters. The minimum Gasteiger partial charge on any atom is -0.361 e. The van der Waals surface area contributed by atoms with Gasteiger partial charge in [0.15, 0.2) is 0 Å². The van der Waals surface area contributed by atoms with Crippen molar-refractivity contribution >= 4 is 32.4 Å². The van der Waals surface area contributed by atoms with Crippen LogP contribution in [0.15, 0.2) is 37.0 Å². The van der Waals surface area contributed by atoms with E-state index < -0.39 is 0 Å². The number of rotatable bonds is 2. The van der Waals surface area contributed by atoms with Gasteiger partial charge in [-0.15, -0.1) is 0 Å². The van der Waals surface area contributed by atoms with Gasteiger partial charge in [-0.25, -0.2) is 0 Å². The Hall–Kier alpha value is -1.02. The summed E-state index contributed by atoms with van der Waals surface area (Å²) in [6.07, 6.45) is 1.95. The highest BCUT2D eigenvalue weighted by atomic mass is 79.9. The molecule has 1 aromatic heterocycles. The summed E-state index contributed by atoms with van der Waals surface area (Å²) in [6, 6.07) is 8.39. The van der Waals surface area contributed by atoms with Crippen molar-refractivity contribution in [3.63, 3.8) is 0 Å². The Labute approximate surface area is 85.6 Å². The predicted octanol–water partition coefficient (Wildman–Crippen LogP) is 3.58. The molecule has 66 valence electrons. The highest BCUT2D eigenvalue weighted by molar-refractivity contribution is 9.09. The number of fused-ring (bicyclic) bond motifs is 1. The molecule has 0 unspecified atom stereocenters. The molecular formula is C11H10BrN. The SMILES string of the molecule is C=C(CBr)c1ccc2cc[nH]c2c1. The van der Waals surface area contributed by atoms with Gasteiger partial charge in [-0.2, -0.15) is 0 Å². The normalized spacial score (nSPS) is 10.5. The fourth-order valence-electron chi connectivity index (χ4n) is 1.34. The minimum absolute atomic E-state index is 0.819. The monoisotopic (exact) mass is 235 g/mol. The average molecular weight is 236 g/mol. The van der Waals surface area contributed by atoms with Crippen LogP contribution in [0.25, 0.3) is 16.5 Å². The summed E-state index contributed by atoms with van der Waals surface area (Å²) in [5, 5.41) is 2.06. The van der Waals surface area contributed by atoms with Gasteiger partial charge < -0.3 is 4.98 Å². The number of hydrogen-bond donors (Lipinski definition) is 1. The Kier molecular flexibility index (Phi) is 2.23. The summed E-state index contributed by atoms with van der Waals surface area (Å²) in [5.41, 5.74) is 3.46. The molecule has 0 saturated carbocycles. The van der Waals surface area contributed by atoms with E-state index in [1.807, 2.05) is 6.20 Å². The third kappa shape index (κ3) is 1.54. The van der Waals surface area contributed by atoms with Crippen LogP contribution in [0.1, 0.15) is 5.56 Å². The van der Waals surface area contributed by atoms with Crippen LogP contribution in [0.5, 0.6) is 0 Å². The second-order valence-corrected chi connectivity index (χ2v) is 3.58. The zero-order valence-electron chi connectivity index (χ0n) is 7.18. The minimum atomic E-state index is 0.819. The number of allylic oxidation sites excluding steroid dienone is 1. The van der Waals surface area contributed by atoms with Gasteiger partial charge in [0.05, 0.1) is 0 Å². The van der Waals surface area contributed by atoms with Gasteiger partial charge in [0.2, 0.25) is 0 Å². The number of halogens is 1. The van der Waals surface area contributed by atoms with Gasteiger partial charge in [-0.1, -0.05) is 34.6 Å². The molecule has 1 N–H and O–H groups in total. The lowest BCUT2D eigenvalue weighted by Crippen LogP contribution is -1.82. The first-order chi connectivity index (χ1) is 6.31. The van der Waals surface area contributed by atoms with E-state index in [0.717, 1.165) is 10.9 Å². The van der Waals surface area contributed by atoms with Crippen molar-refractivity contribution < 1.29 is 0 Å². The van der Waals surface area contributed by atoms with E-state index in [1.54, 1.807) is 0 Å². The van der Waals surface area contributed by atoms with Gasteiger partial charge in [0, 0.05) is 17.0 Å². The molecule has 1 nitrogen and oxygen atoms in total. The maximum atomic E-state index is 3.97. The maximum Gasteiger partial charge on any atom is 0.0460 e. The van der Waals surface area contributed by atoms with Crippen LogP contribution in [0.4, 0.5) is 0 Å². The lowest BCUT2D eigenvalue weighted by Gasteiger charge is -2.01. The van der Waals surface area contributed by atoms with Gasteiger partial charge in [0.25, 0.3) is 0 Å². The summed E-state index contributed by atoms with van der Waals surface area (Å²) in [6.45, 7) is 3.97. The van der Waals surface area contributed by atoms with Crippen LogP contribution in [0.2, 0.25) is 0 Å². The molecule has 2 rings (SSSR count). The van der Waals surface area contributed by atoms with E-state index in [2.05, 4.69) is 51.8 Å². The predicted molar refractivity (Wildman–Crippen MR) is 61.1 cm³/mol. The Morgan fingerprint density at radius 2 is 2.23 bits per heavy atom. The standard InChI is InChI=1S/C11H10BrN/c1-8(7-12)10-3-2-9-4-5-13-11(9)6-10/h2-6,13H,1,7H2. The number of benzene rings is 1. The molecule has 1 aromatic carbocycles. The van der Waals surface area contributed by atoms with Gasteiger partial charge in [-0.05, 0) is 28.7 Å². The third-order valence-electron chi connectivity index (χ3n) is 2.12. The number of hydrogen-bond acceptors (Lipinski definition) is 0. The first-order valence-electron chi connectivity index (χ1n) is 4.12. The lowest BCUT2D eigenvalue weighted by atomic mass is 10.1. The van der Waals surface area contributed by atoms with Crippen LogP contribution >= 0.6 is 15.9 Å². The molecule has 0 aliphatic heterocycles. The first-order valence-corrected chi connectivity index (χ1v) is 5.24. The molecule has 0 saturated heterocycles. The molecule has 0 spiro atoms. The Morgan fingerprint density at radius 1 is 1.38 bits per heavy atom. The summed E-state index contributed by atoms with van der Waals surface area (Å²) in [7, 11) is 0. The zero-order valence-corrected chi connectivity index (χ0v) is 8.76. The Bertz CT molecular complexity index is 442. The molecule has 0 radical (unpaired) electrons. The van der Waals surface area contributed by atoms with E-state index in [1.165, 1.54) is 16.5 Å². The average Bonchev–Trinajstić information content (AvgIpc) is 2.63. The second kappa shape index (κ2) is 3.38. The van der Waals surface area contributed by atoms with E-state index in [9.17, 15) is 0 Å². The molecule has 0 aliphatic carbocycles. The van der Waals surface area contributed by atoms with E-state index in [0.29, 0.717) is 0 Å². The second-order valence-electron chi connectivity index (χ2n) is 3.02. The number of aromatic nitrogens is 1. The topological polar surface area (TPSA) is 15.8 Å². The largest absolute Gasteiger partial charge is 0.361 e. The maximum absolute atomic E-state index is 3.97. The smallest absolute Gasteiger partial charge is 0.0460 e. The summed E-state index contributed by atoms with van der Waals surface area (Å²) in [5.74, 6) is 0. The molecule has 0 fully saturated rings. The van der Waals surface area contributed by atoms with Crippen molar-refractivity contribution in [3.05, 3.63) is 42.6 Å². The van der Waals surface area contributed by atoms with Crippen LogP contribution < -0.4 is 0 Å². The van der Waals surface area contributed by atoms with Crippen molar-refractivity contribution in [3.8, 4) is 0 Å². The number of H-pyrrole nitrogens is 1. The highest BCUT2D eigenvalue weighted by Gasteiger charge is 1.99. The molecule has 2 heteroatoms. The summed E-state index contributed by atoms with van der Waals surface area (Å²) in [4.78, 5) is 3.18. The van der Waals surface area contributed by atoms with Crippen molar-refractivity contribution in [2.45, 2.75) is 0 Å². The number of nitrogens with one attached hydrogen (secondary N) is 1. The zero-order chi connectivity index (χ0) is 9.26. The number of alkyl halides is 1. The van der Waals surface area contributed by atoms with Crippen LogP contribution in [-0.2, 0) is 0 Å². The Morgan fingerprint density at radius 3 is 3.00 bits per heavy atom. The number of aromatic amines is 1. The summed E-state index contributed by atoms with van der Waals surface area (Å²) >= 11 is 3.40. The van der Waals surface area contributed by atoms with Crippen LogP contribution in [-0.4, -0.2) is 10.3 Å². The third-order valence-corrected chi connectivity index (χ3v) is 2.80. The first kappa shape index (κ1) is 8.57. The highest BCUT2D eigenvalue weighted by Crippen LogP contribution is 2.20. The molecule has 0 amide bonds. The quantitative estimate of drug-likeness (QED) is 0.767. The summed E-state index contributed by atoms with van der Waals surface area (Å²) < 4.78 is 0. The van der Waals surface area contributed by atoms with E-state index in [4.69, 9.17) is 0 Å². The van der Waals surface area contributed by atoms with Crippen molar-refractivity contribution in [1.29, 1.82) is 0 Å². The molecule has 0 bridgehead atoms. The van der Waals surface area contributed by atoms with E-state index in [-0.39, 0.29) is 0 Å². The Balaban J connectivity index is 2.54. The van der Waals surface area contributed by atoms with Gasteiger partial charge in [-0.3, -0.25) is 0 Å². The van der Waals surface area contributed by atoms with E-state index >= 15 is 0 Å². The van der Waals surface area contributed by atoms with Crippen molar-refractivity contribution in [2.75, 3.05) is 5.33 Å². The fourth-order valence-corrected chi connectivity index (χ4v) is 1.67. The fraction of sp³-hybridized carbons (Fsp3) is 0.0909. The lowest BCUT2D eigenvalue weighted by molar-refractivity contribution is 1.47. The molecule has 0 aliphatic rings. The molecule has 1 heterocycles. The van der Waals surface area contributed by atoms with Gasteiger partial charge >= 0.3 is 0 Å².